The summed E-state index contributed by atoms with van der Waals surface area (Å²) in [6.45, 7) is 0. The molecule has 0 amide bonds. The minimum Gasteiger partial charge on any atom is -0.377 e. The van der Waals surface area contributed by atoms with Crippen LogP contribution in [0.3, 0.4) is 0 Å². The molecular formula is C15H22Cl2N2O. The molecule has 0 heterocycles. The fourth-order valence-corrected chi connectivity index (χ4v) is 3.57. The van der Waals surface area contributed by atoms with E-state index in [0.29, 0.717) is 16.5 Å². The number of ether oxygens (including phenoxy) is 1. The Bertz CT molecular complexity index is 447. The van der Waals surface area contributed by atoms with Crippen molar-refractivity contribution in [1.29, 1.82) is 0 Å². The van der Waals surface area contributed by atoms with Gasteiger partial charge < -0.3 is 4.74 Å². The fraction of sp³-hybridized carbons (Fsp3) is 0.600. The first kappa shape index (κ1) is 16.1. The van der Waals surface area contributed by atoms with Gasteiger partial charge in [0.25, 0.3) is 0 Å². The molecule has 0 aromatic heterocycles. The molecule has 0 aliphatic heterocycles. The number of hydrogen-bond acceptors (Lipinski definition) is 3. The van der Waals surface area contributed by atoms with Crippen LogP contribution in [0.5, 0.6) is 0 Å². The normalized spacial score (nSPS) is 19.8. The number of nitrogens with one attached hydrogen (secondary N) is 1. The maximum absolute atomic E-state index is 6.28. The lowest BCUT2D eigenvalue weighted by Gasteiger charge is -2.42. The molecule has 1 fully saturated rings. The maximum Gasteiger partial charge on any atom is 0.0847 e. The van der Waals surface area contributed by atoms with Gasteiger partial charge in [-0.2, -0.15) is 0 Å². The van der Waals surface area contributed by atoms with E-state index in [4.69, 9.17) is 33.8 Å². The third-order valence-corrected chi connectivity index (χ3v) is 5.26. The highest BCUT2D eigenvalue weighted by atomic mass is 35.5. The first-order chi connectivity index (χ1) is 9.63. The van der Waals surface area contributed by atoms with Crippen molar-refractivity contribution in [3.8, 4) is 0 Å². The van der Waals surface area contributed by atoms with Gasteiger partial charge in [-0.25, -0.2) is 0 Å². The van der Waals surface area contributed by atoms with Gasteiger partial charge in [0.1, 0.15) is 0 Å². The van der Waals surface area contributed by atoms with Crippen LogP contribution >= 0.6 is 23.2 Å². The minimum absolute atomic E-state index is 0.0313. The zero-order valence-electron chi connectivity index (χ0n) is 11.8. The molecule has 0 radical (unpaired) electrons. The summed E-state index contributed by atoms with van der Waals surface area (Å²) in [5.41, 5.74) is 3.73. The minimum atomic E-state index is -0.210. The Morgan fingerprint density at radius 3 is 2.60 bits per heavy atom. The summed E-state index contributed by atoms with van der Waals surface area (Å²) < 4.78 is 5.86. The smallest absolute Gasteiger partial charge is 0.0847 e. The van der Waals surface area contributed by atoms with Crippen LogP contribution in [0.4, 0.5) is 0 Å². The second kappa shape index (κ2) is 7.10. The molecule has 20 heavy (non-hydrogen) atoms. The Morgan fingerprint density at radius 2 is 2.00 bits per heavy atom. The summed E-state index contributed by atoms with van der Waals surface area (Å²) in [5.74, 6) is 5.79. The fourth-order valence-electron chi connectivity index (χ4n) is 3.17. The summed E-state index contributed by atoms with van der Waals surface area (Å²) >= 11 is 12.4. The third-order valence-electron chi connectivity index (χ3n) is 4.40. The van der Waals surface area contributed by atoms with E-state index in [1.165, 1.54) is 19.3 Å². The van der Waals surface area contributed by atoms with E-state index < -0.39 is 0 Å². The second-order valence-corrected chi connectivity index (χ2v) is 6.25. The molecule has 5 heteroatoms. The van der Waals surface area contributed by atoms with Gasteiger partial charge in [-0.15, -0.1) is 0 Å². The molecule has 1 aromatic rings. The van der Waals surface area contributed by atoms with Crippen LogP contribution in [-0.2, 0) is 11.2 Å². The number of halogens is 2. The monoisotopic (exact) mass is 316 g/mol. The molecule has 0 spiro atoms. The van der Waals surface area contributed by atoms with E-state index in [-0.39, 0.29) is 11.6 Å². The first-order valence-electron chi connectivity index (χ1n) is 7.07. The zero-order valence-corrected chi connectivity index (χ0v) is 13.3. The van der Waals surface area contributed by atoms with Gasteiger partial charge in [-0.3, -0.25) is 11.3 Å². The van der Waals surface area contributed by atoms with Gasteiger partial charge in [0, 0.05) is 7.11 Å². The van der Waals surface area contributed by atoms with E-state index in [2.05, 4.69) is 5.43 Å². The SMILES string of the molecule is COC1(C(Cc2cccc(Cl)c2Cl)NN)CCCCC1. The Labute approximate surface area is 130 Å². The van der Waals surface area contributed by atoms with Crippen LogP contribution in [0, 0.1) is 0 Å². The summed E-state index contributed by atoms with van der Waals surface area (Å²) in [6.07, 6.45) is 6.38. The standard InChI is InChI=1S/C15H22Cl2N2O/c1-20-15(8-3-2-4-9-15)13(19-18)10-11-6-5-7-12(16)14(11)17/h5-7,13,19H,2-4,8-10,18H2,1H3. The lowest BCUT2D eigenvalue weighted by atomic mass is 9.77. The van der Waals surface area contributed by atoms with Crippen molar-refractivity contribution in [2.45, 2.75) is 50.2 Å². The largest absolute Gasteiger partial charge is 0.377 e. The molecule has 2 rings (SSSR count). The van der Waals surface area contributed by atoms with Crippen molar-refractivity contribution in [3.05, 3.63) is 33.8 Å². The van der Waals surface area contributed by atoms with Gasteiger partial charge >= 0.3 is 0 Å². The maximum atomic E-state index is 6.28. The summed E-state index contributed by atoms with van der Waals surface area (Å²) in [4.78, 5) is 0. The molecule has 1 aliphatic carbocycles. The molecule has 0 saturated heterocycles. The van der Waals surface area contributed by atoms with Gasteiger partial charge in [-0.05, 0) is 30.9 Å². The number of hydrazine groups is 1. The van der Waals surface area contributed by atoms with Crippen LogP contribution in [-0.4, -0.2) is 18.8 Å². The van der Waals surface area contributed by atoms with Crippen LogP contribution < -0.4 is 11.3 Å². The van der Waals surface area contributed by atoms with E-state index in [1.54, 1.807) is 13.2 Å². The topological polar surface area (TPSA) is 47.3 Å². The molecule has 1 aliphatic rings. The van der Waals surface area contributed by atoms with Crippen molar-refractivity contribution in [3.63, 3.8) is 0 Å². The summed E-state index contributed by atoms with van der Waals surface area (Å²) in [6, 6.07) is 5.73. The Balaban J connectivity index is 2.21. The van der Waals surface area contributed by atoms with E-state index >= 15 is 0 Å². The van der Waals surface area contributed by atoms with Crippen molar-refractivity contribution in [2.24, 2.45) is 5.84 Å². The van der Waals surface area contributed by atoms with Crippen molar-refractivity contribution in [1.82, 2.24) is 5.43 Å². The predicted molar refractivity (Wildman–Crippen MR) is 84.1 cm³/mol. The molecule has 1 atom stereocenters. The van der Waals surface area contributed by atoms with Gasteiger partial charge in [0.15, 0.2) is 0 Å². The molecular weight excluding hydrogens is 295 g/mol. The molecule has 3 N–H and O–H groups in total. The van der Waals surface area contributed by atoms with Crippen molar-refractivity contribution < 1.29 is 4.74 Å². The summed E-state index contributed by atoms with van der Waals surface area (Å²) in [7, 11) is 1.77. The Hall–Kier alpha value is -0.320. The molecule has 3 nitrogen and oxygen atoms in total. The van der Waals surface area contributed by atoms with Crippen LogP contribution in [0.2, 0.25) is 10.0 Å². The van der Waals surface area contributed by atoms with Crippen molar-refractivity contribution in [2.75, 3.05) is 7.11 Å². The average molecular weight is 317 g/mol. The zero-order chi connectivity index (χ0) is 14.6. The molecule has 0 bridgehead atoms. The number of benzene rings is 1. The number of methoxy groups -OCH3 is 1. The van der Waals surface area contributed by atoms with Gasteiger partial charge in [0.2, 0.25) is 0 Å². The Kier molecular flexibility index (Phi) is 5.70. The van der Waals surface area contributed by atoms with E-state index in [0.717, 1.165) is 18.4 Å². The number of rotatable bonds is 5. The number of hydrogen-bond donors (Lipinski definition) is 2. The van der Waals surface area contributed by atoms with Gasteiger partial charge in [0.05, 0.1) is 21.7 Å². The highest BCUT2D eigenvalue weighted by Gasteiger charge is 2.39. The third kappa shape index (κ3) is 3.29. The van der Waals surface area contributed by atoms with Crippen LogP contribution in [0.15, 0.2) is 18.2 Å². The van der Waals surface area contributed by atoms with Crippen LogP contribution in [0.25, 0.3) is 0 Å². The second-order valence-electron chi connectivity index (χ2n) is 5.47. The van der Waals surface area contributed by atoms with E-state index in [1.807, 2.05) is 12.1 Å². The predicted octanol–water partition coefficient (Wildman–Crippen LogP) is 3.72. The molecule has 1 aromatic carbocycles. The lowest BCUT2D eigenvalue weighted by molar-refractivity contribution is -0.0673. The quantitative estimate of drug-likeness (QED) is 0.643. The first-order valence-corrected chi connectivity index (χ1v) is 7.83. The molecule has 1 unspecified atom stereocenters. The average Bonchev–Trinajstić information content (AvgIpc) is 2.49. The lowest BCUT2D eigenvalue weighted by Crippen LogP contribution is -2.56. The molecule has 112 valence electrons. The highest BCUT2D eigenvalue weighted by Crippen LogP contribution is 2.36. The summed E-state index contributed by atoms with van der Waals surface area (Å²) in [5, 5.41) is 1.19. The molecule has 1 saturated carbocycles. The highest BCUT2D eigenvalue weighted by molar-refractivity contribution is 6.42. The van der Waals surface area contributed by atoms with Gasteiger partial charge in [-0.1, -0.05) is 54.6 Å². The number of nitrogens with two attached hydrogens (primary N) is 1. The van der Waals surface area contributed by atoms with E-state index in [9.17, 15) is 0 Å². The van der Waals surface area contributed by atoms with Crippen LogP contribution in [0.1, 0.15) is 37.7 Å². The van der Waals surface area contributed by atoms with Crippen molar-refractivity contribution >= 4 is 23.2 Å². The Morgan fingerprint density at radius 1 is 1.30 bits per heavy atom.